The van der Waals surface area contributed by atoms with E-state index in [0.717, 1.165) is 25.9 Å². The second kappa shape index (κ2) is 7.25. The van der Waals surface area contributed by atoms with Crippen molar-refractivity contribution in [2.45, 2.75) is 70.6 Å². The van der Waals surface area contributed by atoms with Crippen LogP contribution in [0, 0.1) is 0 Å². The average molecular weight is 268 g/mol. The summed E-state index contributed by atoms with van der Waals surface area (Å²) in [7, 11) is 0. The van der Waals surface area contributed by atoms with E-state index in [1.165, 1.54) is 25.7 Å². The Morgan fingerprint density at radius 3 is 2.26 bits per heavy atom. The van der Waals surface area contributed by atoms with Gasteiger partial charge in [-0.05, 0) is 26.7 Å². The average Bonchev–Trinajstić information content (AvgIpc) is 2.55. The molecule has 0 radical (unpaired) electrons. The molecule has 0 aromatic heterocycles. The Balaban J connectivity index is 1.73. The first-order chi connectivity index (χ1) is 9.13. The number of ether oxygens (including phenoxy) is 1. The van der Waals surface area contributed by atoms with E-state index in [4.69, 9.17) is 4.74 Å². The van der Waals surface area contributed by atoms with Gasteiger partial charge in [0.05, 0.1) is 18.8 Å². The molecule has 19 heavy (non-hydrogen) atoms. The van der Waals surface area contributed by atoms with E-state index >= 15 is 0 Å². The SMILES string of the molecule is CC1CN(CC(=O)NC2CCCCCC2)CC(C)O1. The third kappa shape index (κ3) is 5.11. The minimum Gasteiger partial charge on any atom is -0.373 e. The van der Waals surface area contributed by atoms with E-state index in [1.807, 2.05) is 0 Å². The van der Waals surface area contributed by atoms with E-state index in [2.05, 4.69) is 24.1 Å². The minimum absolute atomic E-state index is 0.188. The number of carbonyl (C=O) groups excluding carboxylic acids is 1. The lowest BCUT2D eigenvalue weighted by Crippen LogP contribution is -2.50. The molecule has 1 N–H and O–H groups in total. The minimum atomic E-state index is 0.188. The molecule has 1 aliphatic heterocycles. The Kier molecular flexibility index (Phi) is 5.64. The molecule has 0 aromatic carbocycles. The van der Waals surface area contributed by atoms with Crippen LogP contribution in [-0.2, 0) is 9.53 Å². The van der Waals surface area contributed by atoms with Gasteiger partial charge in [0.25, 0.3) is 0 Å². The van der Waals surface area contributed by atoms with Crippen molar-refractivity contribution >= 4 is 5.91 Å². The van der Waals surface area contributed by atoms with Gasteiger partial charge in [-0.15, -0.1) is 0 Å². The first kappa shape index (κ1) is 14.8. The number of nitrogens with one attached hydrogen (secondary N) is 1. The van der Waals surface area contributed by atoms with Gasteiger partial charge in [-0.3, -0.25) is 9.69 Å². The monoisotopic (exact) mass is 268 g/mol. The molecule has 2 atom stereocenters. The summed E-state index contributed by atoms with van der Waals surface area (Å²) in [6, 6.07) is 0.408. The molecule has 1 aliphatic carbocycles. The van der Waals surface area contributed by atoms with E-state index < -0.39 is 0 Å². The van der Waals surface area contributed by atoms with Crippen LogP contribution in [0.25, 0.3) is 0 Å². The van der Waals surface area contributed by atoms with Gasteiger partial charge in [-0.25, -0.2) is 0 Å². The zero-order chi connectivity index (χ0) is 13.7. The molecule has 0 bridgehead atoms. The lowest BCUT2D eigenvalue weighted by Gasteiger charge is -2.35. The van der Waals surface area contributed by atoms with Crippen LogP contribution in [-0.4, -0.2) is 48.7 Å². The van der Waals surface area contributed by atoms with Crippen molar-refractivity contribution in [1.29, 1.82) is 0 Å². The summed E-state index contributed by atoms with van der Waals surface area (Å²) in [4.78, 5) is 14.3. The van der Waals surface area contributed by atoms with Gasteiger partial charge in [0.15, 0.2) is 0 Å². The standard InChI is InChI=1S/C15H28N2O2/c1-12-9-17(10-13(2)19-12)11-15(18)16-14-7-5-3-4-6-8-14/h12-14H,3-11H2,1-2H3,(H,16,18). The third-order valence-electron chi connectivity index (χ3n) is 4.08. The van der Waals surface area contributed by atoms with Gasteiger partial charge in [0.2, 0.25) is 5.91 Å². The van der Waals surface area contributed by atoms with Crippen LogP contribution in [0.4, 0.5) is 0 Å². The molecule has 1 heterocycles. The number of nitrogens with zero attached hydrogens (tertiary/aromatic N) is 1. The predicted octanol–water partition coefficient (Wildman–Crippen LogP) is 1.93. The summed E-state index contributed by atoms with van der Waals surface area (Å²) in [5.74, 6) is 0.188. The predicted molar refractivity (Wildman–Crippen MR) is 76.1 cm³/mol. The van der Waals surface area contributed by atoms with Crippen LogP contribution in [0.15, 0.2) is 0 Å². The zero-order valence-corrected chi connectivity index (χ0v) is 12.4. The molecule has 2 rings (SSSR count). The summed E-state index contributed by atoms with van der Waals surface area (Å²) in [5.41, 5.74) is 0. The topological polar surface area (TPSA) is 41.6 Å². The molecule has 110 valence electrons. The van der Waals surface area contributed by atoms with E-state index in [0.29, 0.717) is 12.6 Å². The summed E-state index contributed by atoms with van der Waals surface area (Å²) >= 11 is 0. The van der Waals surface area contributed by atoms with E-state index in [9.17, 15) is 4.79 Å². The highest BCUT2D eigenvalue weighted by Gasteiger charge is 2.24. The molecule has 4 heteroatoms. The lowest BCUT2D eigenvalue weighted by molar-refractivity contribution is -0.126. The number of morpholine rings is 1. The number of hydrogen-bond donors (Lipinski definition) is 1. The Morgan fingerprint density at radius 2 is 1.68 bits per heavy atom. The molecular weight excluding hydrogens is 240 g/mol. The van der Waals surface area contributed by atoms with Gasteiger partial charge in [0, 0.05) is 19.1 Å². The summed E-state index contributed by atoms with van der Waals surface area (Å²) in [6.45, 7) is 6.40. The first-order valence-electron chi connectivity index (χ1n) is 7.80. The maximum atomic E-state index is 12.1. The van der Waals surface area contributed by atoms with Crippen LogP contribution < -0.4 is 5.32 Å². The van der Waals surface area contributed by atoms with Crippen molar-refractivity contribution in [2.75, 3.05) is 19.6 Å². The molecule has 0 aromatic rings. The van der Waals surface area contributed by atoms with Crippen LogP contribution in [0.5, 0.6) is 0 Å². The van der Waals surface area contributed by atoms with Gasteiger partial charge in [-0.1, -0.05) is 25.7 Å². The Bertz CT molecular complexity index is 278. The van der Waals surface area contributed by atoms with Crippen molar-refractivity contribution in [3.63, 3.8) is 0 Å². The van der Waals surface area contributed by atoms with Gasteiger partial charge >= 0.3 is 0 Å². The maximum absolute atomic E-state index is 12.1. The lowest BCUT2D eigenvalue weighted by atomic mass is 10.1. The maximum Gasteiger partial charge on any atom is 0.234 e. The molecule has 0 spiro atoms. The summed E-state index contributed by atoms with van der Waals surface area (Å²) in [6.07, 6.45) is 7.94. The largest absolute Gasteiger partial charge is 0.373 e. The van der Waals surface area contributed by atoms with Gasteiger partial charge in [0.1, 0.15) is 0 Å². The molecule has 4 nitrogen and oxygen atoms in total. The van der Waals surface area contributed by atoms with Gasteiger partial charge in [-0.2, -0.15) is 0 Å². The Morgan fingerprint density at radius 1 is 1.11 bits per heavy atom. The highest BCUT2D eigenvalue weighted by molar-refractivity contribution is 5.78. The van der Waals surface area contributed by atoms with Crippen molar-refractivity contribution in [3.05, 3.63) is 0 Å². The third-order valence-corrected chi connectivity index (χ3v) is 4.08. The fourth-order valence-electron chi connectivity index (χ4n) is 3.31. The molecule has 2 fully saturated rings. The molecule has 1 saturated heterocycles. The molecule has 1 saturated carbocycles. The molecular formula is C15H28N2O2. The second-order valence-electron chi connectivity index (χ2n) is 6.21. The number of hydrogen-bond acceptors (Lipinski definition) is 3. The van der Waals surface area contributed by atoms with Gasteiger partial charge < -0.3 is 10.1 Å². The summed E-state index contributed by atoms with van der Waals surface area (Å²) < 4.78 is 5.69. The second-order valence-corrected chi connectivity index (χ2v) is 6.21. The normalized spacial score (nSPS) is 30.8. The number of rotatable bonds is 3. The molecule has 2 aliphatic rings. The van der Waals surface area contributed by atoms with Crippen LogP contribution in [0.1, 0.15) is 52.4 Å². The van der Waals surface area contributed by atoms with Crippen molar-refractivity contribution in [1.82, 2.24) is 10.2 Å². The first-order valence-corrected chi connectivity index (χ1v) is 7.80. The smallest absolute Gasteiger partial charge is 0.234 e. The Hall–Kier alpha value is -0.610. The van der Waals surface area contributed by atoms with Crippen LogP contribution >= 0.6 is 0 Å². The zero-order valence-electron chi connectivity index (χ0n) is 12.4. The van der Waals surface area contributed by atoms with Crippen molar-refractivity contribution in [3.8, 4) is 0 Å². The van der Waals surface area contributed by atoms with Crippen molar-refractivity contribution < 1.29 is 9.53 Å². The quantitative estimate of drug-likeness (QED) is 0.795. The van der Waals surface area contributed by atoms with Crippen LogP contribution in [0.3, 0.4) is 0 Å². The fourth-order valence-corrected chi connectivity index (χ4v) is 3.31. The number of amides is 1. The van der Waals surface area contributed by atoms with E-state index in [1.54, 1.807) is 0 Å². The molecule has 1 amide bonds. The van der Waals surface area contributed by atoms with Crippen LogP contribution in [0.2, 0.25) is 0 Å². The van der Waals surface area contributed by atoms with E-state index in [-0.39, 0.29) is 18.1 Å². The summed E-state index contributed by atoms with van der Waals surface area (Å²) in [5, 5.41) is 3.21. The fraction of sp³-hybridized carbons (Fsp3) is 0.933. The van der Waals surface area contributed by atoms with Crippen molar-refractivity contribution in [2.24, 2.45) is 0 Å². The number of carbonyl (C=O) groups is 1. The Labute approximate surface area is 116 Å². The molecule has 2 unspecified atom stereocenters. The highest BCUT2D eigenvalue weighted by atomic mass is 16.5. The highest BCUT2D eigenvalue weighted by Crippen LogP contribution is 2.17.